The van der Waals surface area contributed by atoms with Gasteiger partial charge in [-0.1, -0.05) is 12.1 Å². The Morgan fingerprint density at radius 2 is 2.12 bits per heavy atom. The molecule has 3 rings (SSSR count). The number of anilines is 1. The second kappa shape index (κ2) is 6.72. The molecule has 6 nitrogen and oxygen atoms in total. The van der Waals surface area contributed by atoms with E-state index in [1.54, 1.807) is 13.0 Å². The van der Waals surface area contributed by atoms with Crippen molar-refractivity contribution < 1.29 is 13.6 Å². The Kier molecular flexibility index (Phi) is 4.45. The number of pyridine rings is 1. The topological polar surface area (TPSA) is 94.5 Å². The van der Waals surface area contributed by atoms with Crippen LogP contribution in [0.4, 0.5) is 14.5 Å². The minimum Gasteiger partial charge on any atom is -0.318 e. The van der Waals surface area contributed by atoms with E-state index in [1.807, 2.05) is 6.07 Å². The number of carbonyl (C=O) groups is 1. The Morgan fingerprint density at radius 1 is 1.35 bits per heavy atom. The first-order valence-electron chi connectivity index (χ1n) is 7.58. The van der Waals surface area contributed by atoms with E-state index in [2.05, 4.69) is 20.5 Å². The molecule has 0 radical (unpaired) electrons. The molecule has 0 aliphatic rings. The minimum absolute atomic E-state index is 0.114. The number of carbonyl (C=O) groups excluding carboxylic acids is 1. The van der Waals surface area contributed by atoms with E-state index >= 15 is 0 Å². The van der Waals surface area contributed by atoms with Crippen molar-refractivity contribution in [2.75, 3.05) is 5.32 Å². The van der Waals surface area contributed by atoms with E-state index in [1.165, 1.54) is 19.2 Å². The SMILES string of the molecule is Cc1ncc(F)c(C)c1NC(=O)/C(F)=C/c1ccc2cn[nH]c2c1C#N. The number of nitrogens with one attached hydrogen (secondary N) is 2. The van der Waals surface area contributed by atoms with Gasteiger partial charge in [-0.2, -0.15) is 10.4 Å². The van der Waals surface area contributed by atoms with Gasteiger partial charge in [0.2, 0.25) is 0 Å². The highest BCUT2D eigenvalue weighted by molar-refractivity contribution is 6.06. The van der Waals surface area contributed by atoms with Gasteiger partial charge in [0, 0.05) is 10.9 Å². The zero-order valence-corrected chi connectivity index (χ0v) is 13.9. The Hall–Kier alpha value is -3.60. The molecule has 26 heavy (non-hydrogen) atoms. The molecule has 130 valence electrons. The van der Waals surface area contributed by atoms with Gasteiger partial charge in [-0.3, -0.25) is 14.9 Å². The predicted octanol–water partition coefficient (Wildman–Crippen LogP) is 3.53. The van der Waals surface area contributed by atoms with Crippen molar-refractivity contribution in [3.05, 3.63) is 58.6 Å². The van der Waals surface area contributed by atoms with Crippen LogP contribution in [0.15, 0.2) is 30.4 Å². The third-order valence-electron chi connectivity index (χ3n) is 3.97. The molecule has 1 amide bonds. The zero-order valence-electron chi connectivity index (χ0n) is 13.9. The van der Waals surface area contributed by atoms with Crippen molar-refractivity contribution in [3.63, 3.8) is 0 Å². The van der Waals surface area contributed by atoms with Crippen LogP contribution in [-0.4, -0.2) is 21.1 Å². The number of fused-ring (bicyclic) bond motifs is 1. The number of aryl methyl sites for hydroxylation is 1. The summed E-state index contributed by atoms with van der Waals surface area (Å²) in [6.45, 7) is 3.03. The first-order valence-corrected chi connectivity index (χ1v) is 7.58. The lowest BCUT2D eigenvalue weighted by molar-refractivity contribution is -0.114. The van der Waals surface area contributed by atoms with E-state index in [-0.39, 0.29) is 22.4 Å². The molecular formula is C18H13F2N5O. The average molecular weight is 353 g/mol. The quantitative estimate of drug-likeness (QED) is 0.704. The molecule has 0 aliphatic carbocycles. The lowest BCUT2D eigenvalue weighted by Gasteiger charge is -2.10. The van der Waals surface area contributed by atoms with Crippen molar-refractivity contribution in [3.8, 4) is 6.07 Å². The van der Waals surface area contributed by atoms with Crippen LogP contribution in [0.3, 0.4) is 0 Å². The molecule has 1 aromatic carbocycles. The number of benzene rings is 1. The molecule has 2 aromatic heterocycles. The Morgan fingerprint density at radius 3 is 2.85 bits per heavy atom. The highest BCUT2D eigenvalue weighted by atomic mass is 19.1. The standard InChI is InChI=1S/C18H13F2N5O/c1-9-15(20)8-22-10(2)16(9)24-18(26)14(19)5-11-3-4-12-7-23-25-17(12)13(11)6-21/h3-5,7-8H,1-2H3,(H,23,25)(H,24,26)/b14-5-. The van der Waals surface area contributed by atoms with Crippen molar-refractivity contribution >= 4 is 28.6 Å². The van der Waals surface area contributed by atoms with Gasteiger partial charge in [-0.25, -0.2) is 8.78 Å². The highest BCUT2D eigenvalue weighted by Gasteiger charge is 2.16. The van der Waals surface area contributed by atoms with Crippen LogP contribution in [-0.2, 0) is 4.79 Å². The van der Waals surface area contributed by atoms with Crippen LogP contribution >= 0.6 is 0 Å². The summed E-state index contributed by atoms with van der Waals surface area (Å²) in [7, 11) is 0. The monoisotopic (exact) mass is 353 g/mol. The van der Waals surface area contributed by atoms with E-state index < -0.39 is 17.6 Å². The third-order valence-corrected chi connectivity index (χ3v) is 3.97. The van der Waals surface area contributed by atoms with Crippen LogP contribution in [0, 0.1) is 31.0 Å². The first kappa shape index (κ1) is 17.2. The van der Waals surface area contributed by atoms with E-state index in [4.69, 9.17) is 0 Å². The maximum atomic E-state index is 14.4. The molecule has 0 atom stereocenters. The Balaban J connectivity index is 1.95. The molecule has 3 aromatic rings. The number of amides is 1. The molecule has 0 aliphatic heterocycles. The molecule has 0 saturated heterocycles. The molecule has 0 saturated carbocycles. The van der Waals surface area contributed by atoms with Crippen LogP contribution in [0.5, 0.6) is 0 Å². The largest absolute Gasteiger partial charge is 0.318 e. The predicted molar refractivity (Wildman–Crippen MR) is 92.2 cm³/mol. The normalized spacial score (nSPS) is 11.4. The fraction of sp³-hybridized carbons (Fsp3) is 0.111. The van der Waals surface area contributed by atoms with Crippen LogP contribution in [0.25, 0.3) is 17.0 Å². The van der Waals surface area contributed by atoms with Crippen molar-refractivity contribution in [2.24, 2.45) is 0 Å². The fourth-order valence-electron chi connectivity index (χ4n) is 2.54. The van der Waals surface area contributed by atoms with Gasteiger partial charge in [0.05, 0.1) is 34.9 Å². The summed E-state index contributed by atoms with van der Waals surface area (Å²) < 4.78 is 28.0. The Labute approximate surface area is 147 Å². The number of nitriles is 1. The summed E-state index contributed by atoms with van der Waals surface area (Å²) in [6, 6.07) is 5.14. The second-order valence-corrected chi connectivity index (χ2v) is 5.61. The highest BCUT2D eigenvalue weighted by Crippen LogP contribution is 2.24. The summed E-state index contributed by atoms with van der Waals surface area (Å²) in [5, 5.41) is 18.8. The van der Waals surface area contributed by atoms with Crippen LogP contribution < -0.4 is 5.32 Å². The van der Waals surface area contributed by atoms with Gasteiger partial charge in [0.1, 0.15) is 11.9 Å². The molecule has 2 heterocycles. The summed E-state index contributed by atoms with van der Waals surface area (Å²) in [4.78, 5) is 15.9. The summed E-state index contributed by atoms with van der Waals surface area (Å²) in [6.07, 6.45) is 3.52. The number of rotatable bonds is 3. The summed E-state index contributed by atoms with van der Waals surface area (Å²) in [5.74, 6) is -2.78. The Bertz CT molecular complexity index is 1090. The van der Waals surface area contributed by atoms with Gasteiger partial charge in [-0.05, 0) is 25.5 Å². The molecule has 2 N–H and O–H groups in total. The molecule has 0 fully saturated rings. The van der Waals surface area contributed by atoms with E-state index in [9.17, 15) is 18.8 Å². The summed E-state index contributed by atoms with van der Waals surface area (Å²) in [5.41, 5.74) is 1.49. The molecule has 8 heteroatoms. The van der Waals surface area contributed by atoms with Crippen LogP contribution in [0.2, 0.25) is 0 Å². The fourth-order valence-corrected chi connectivity index (χ4v) is 2.54. The molecule has 0 bridgehead atoms. The number of hydrogen-bond donors (Lipinski definition) is 2. The zero-order chi connectivity index (χ0) is 18.8. The van der Waals surface area contributed by atoms with E-state index in [0.29, 0.717) is 16.6 Å². The van der Waals surface area contributed by atoms with Gasteiger partial charge in [0.15, 0.2) is 5.83 Å². The van der Waals surface area contributed by atoms with Crippen molar-refractivity contribution in [1.82, 2.24) is 15.2 Å². The molecular weight excluding hydrogens is 340 g/mol. The number of aromatic nitrogens is 3. The van der Waals surface area contributed by atoms with E-state index in [0.717, 1.165) is 12.3 Å². The number of halogens is 2. The summed E-state index contributed by atoms with van der Waals surface area (Å²) >= 11 is 0. The average Bonchev–Trinajstić information content (AvgIpc) is 3.10. The van der Waals surface area contributed by atoms with Gasteiger partial charge in [0.25, 0.3) is 5.91 Å². The van der Waals surface area contributed by atoms with Crippen molar-refractivity contribution in [2.45, 2.75) is 13.8 Å². The number of nitrogens with zero attached hydrogens (tertiary/aromatic N) is 3. The molecule has 0 spiro atoms. The molecule has 0 unspecified atom stereocenters. The second-order valence-electron chi connectivity index (χ2n) is 5.61. The maximum absolute atomic E-state index is 14.4. The lowest BCUT2D eigenvalue weighted by Crippen LogP contribution is -2.15. The van der Waals surface area contributed by atoms with Gasteiger partial charge < -0.3 is 5.32 Å². The van der Waals surface area contributed by atoms with Gasteiger partial charge in [-0.15, -0.1) is 0 Å². The van der Waals surface area contributed by atoms with Gasteiger partial charge >= 0.3 is 0 Å². The minimum atomic E-state index is -1.12. The first-order chi connectivity index (χ1) is 12.4. The number of aromatic amines is 1. The van der Waals surface area contributed by atoms with Crippen LogP contribution in [0.1, 0.15) is 22.4 Å². The smallest absolute Gasteiger partial charge is 0.284 e. The number of H-pyrrole nitrogens is 1. The lowest BCUT2D eigenvalue weighted by atomic mass is 10.0. The number of hydrogen-bond acceptors (Lipinski definition) is 4. The maximum Gasteiger partial charge on any atom is 0.284 e. The third kappa shape index (κ3) is 3.02. The van der Waals surface area contributed by atoms with Crippen molar-refractivity contribution in [1.29, 1.82) is 5.26 Å².